The predicted octanol–water partition coefficient (Wildman–Crippen LogP) is 1.52. The first-order valence-corrected chi connectivity index (χ1v) is 7.04. The van der Waals surface area contributed by atoms with Crippen molar-refractivity contribution >= 4 is 17.6 Å². The minimum Gasteiger partial charge on any atom is -0.354 e. The summed E-state index contributed by atoms with van der Waals surface area (Å²) < 4.78 is 2.28. The van der Waals surface area contributed by atoms with Crippen molar-refractivity contribution in [2.24, 2.45) is 12.8 Å². The molecule has 2 rings (SSSR count). The molecule has 0 unspecified atom stereocenters. The highest BCUT2D eigenvalue weighted by molar-refractivity contribution is 8.00. The van der Waals surface area contributed by atoms with E-state index in [0.717, 1.165) is 18.8 Å². The van der Waals surface area contributed by atoms with Crippen LogP contribution >= 0.6 is 11.8 Å². The van der Waals surface area contributed by atoms with Gasteiger partial charge in [-0.1, -0.05) is 0 Å². The lowest BCUT2D eigenvalue weighted by Crippen LogP contribution is -2.44. The summed E-state index contributed by atoms with van der Waals surface area (Å²) in [6.07, 6.45) is 0. The van der Waals surface area contributed by atoms with Crippen molar-refractivity contribution < 1.29 is 0 Å². The van der Waals surface area contributed by atoms with Gasteiger partial charge < -0.3 is 10.6 Å². The Balaban J connectivity index is 2.33. The van der Waals surface area contributed by atoms with Crippen molar-refractivity contribution in [3.63, 3.8) is 0 Å². The first kappa shape index (κ1) is 12.8. The summed E-state index contributed by atoms with van der Waals surface area (Å²) in [5.41, 5.74) is 8.10. The van der Waals surface area contributed by atoms with Gasteiger partial charge in [0.25, 0.3) is 0 Å². The number of aromatic nitrogens is 2. The van der Waals surface area contributed by atoms with Gasteiger partial charge in [0.05, 0.1) is 5.69 Å². The summed E-state index contributed by atoms with van der Waals surface area (Å²) in [7, 11) is 2.01. The molecule has 2 N–H and O–H groups in total. The van der Waals surface area contributed by atoms with Crippen LogP contribution in [-0.2, 0) is 13.6 Å². The van der Waals surface area contributed by atoms with Crippen molar-refractivity contribution in [1.29, 1.82) is 0 Å². The normalized spacial score (nSPS) is 19.7. The molecule has 1 saturated heterocycles. The second-order valence-corrected chi connectivity index (χ2v) is 7.05. The number of rotatable bonds is 2. The van der Waals surface area contributed by atoms with Crippen LogP contribution in [-0.4, -0.2) is 33.4 Å². The van der Waals surface area contributed by atoms with E-state index in [9.17, 15) is 0 Å². The first-order valence-electron chi connectivity index (χ1n) is 6.06. The Hall–Kier alpha value is -0.680. The maximum atomic E-state index is 5.85. The molecule has 1 aromatic heterocycles. The SMILES string of the molecule is Cc1nn(C)c(N2CCSC(C)(C)C2)c1CN. The van der Waals surface area contributed by atoms with Crippen molar-refractivity contribution in [3.05, 3.63) is 11.3 Å². The van der Waals surface area contributed by atoms with Gasteiger partial charge in [0.15, 0.2) is 0 Å². The Bertz CT molecular complexity index is 411. The van der Waals surface area contributed by atoms with Gasteiger partial charge >= 0.3 is 0 Å². The minimum atomic E-state index is 0.308. The Morgan fingerprint density at radius 3 is 2.76 bits per heavy atom. The van der Waals surface area contributed by atoms with E-state index < -0.39 is 0 Å². The highest BCUT2D eigenvalue weighted by Crippen LogP contribution is 2.33. The van der Waals surface area contributed by atoms with Gasteiger partial charge in [-0.05, 0) is 20.8 Å². The maximum Gasteiger partial charge on any atom is 0.131 e. The molecule has 0 spiro atoms. The van der Waals surface area contributed by atoms with Gasteiger partial charge in [-0.3, -0.25) is 4.68 Å². The van der Waals surface area contributed by atoms with Crippen molar-refractivity contribution in [2.45, 2.75) is 32.1 Å². The molecule has 17 heavy (non-hydrogen) atoms. The van der Waals surface area contributed by atoms with Crippen LogP contribution in [0, 0.1) is 6.92 Å². The Kier molecular flexibility index (Phi) is 3.41. The summed E-state index contributed by atoms with van der Waals surface area (Å²) >= 11 is 2.04. The highest BCUT2D eigenvalue weighted by Gasteiger charge is 2.30. The monoisotopic (exact) mass is 254 g/mol. The topological polar surface area (TPSA) is 47.1 Å². The van der Waals surface area contributed by atoms with Crippen molar-refractivity contribution in [2.75, 3.05) is 23.7 Å². The van der Waals surface area contributed by atoms with E-state index >= 15 is 0 Å². The number of hydrogen-bond donors (Lipinski definition) is 1. The predicted molar refractivity (Wildman–Crippen MR) is 74.6 cm³/mol. The molecule has 1 aliphatic rings. The molecule has 0 aliphatic carbocycles. The fourth-order valence-electron chi connectivity index (χ4n) is 2.52. The van der Waals surface area contributed by atoms with Crippen molar-refractivity contribution in [1.82, 2.24) is 9.78 Å². The average molecular weight is 254 g/mol. The van der Waals surface area contributed by atoms with Gasteiger partial charge in [-0.25, -0.2) is 0 Å². The van der Waals surface area contributed by atoms with E-state index in [1.54, 1.807) is 0 Å². The van der Waals surface area contributed by atoms with Crippen LogP contribution in [0.15, 0.2) is 0 Å². The molecule has 1 aromatic rings. The first-order chi connectivity index (χ1) is 7.94. The van der Waals surface area contributed by atoms with Crippen LogP contribution in [0.3, 0.4) is 0 Å². The van der Waals surface area contributed by atoms with Gasteiger partial charge in [0.1, 0.15) is 5.82 Å². The third kappa shape index (κ3) is 2.45. The molecule has 0 aromatic carbocycles. The minimum absolute atomic E-state index is 0.308. The van der Waals surface area contributed by atoms with Crippen LogP contribution in [0.2, 0.25) is 0 Å². The van der Waals surface area contributed by atoms with E-state index in [1.807, 2.05) is 30.4 Å². The van der Waals surface area contributed by atoms with Crippen LogP contribution < -0.4 is 10.6 Å². The van der Waals surface area contributed by atoms with E-state index in [-0.39, 0.29) is 0 Å². The fourth-order valence-corrected chi connectivity index (χ4v) is 3.63. The average Bonchev–Trinajstić information content (AvgIpc) is 2.51. The molecule has 0 atom stereocenters. The summed E-state index contributed by atoms with van der Waals surface area (Å²) in [5.74, 6) is 2.37. The quantitative estimate of drug-likeness (QED) is 0.869. The molecule has 1 fully saturated rings. The molecule has 0 bridgehead atoms. The van der Waals surface area contributed by atoms with Gasteiger partial charge in [0.2, 0.25) is 0 Å². The zero-order valence-electron chi connectivity index (χ0n) is 11.2. The lowest BCUT2D eigenvalue weighted by Gasteiger charge is -2.39. The largest absolute Gasteiger partial charge is 0.354 e. The standard InChI is InChI=1S/C12H22N4S/c1-9-10(7-13)11(15(4)14-9)16-5-6-17-12(2,3)8-16/h5-8,13H2,1-4H3. The molecular weight excluding hydrogens is 232 g/mol. The third-order valence-electron chi connectivity index (χ3n) is 3.24. The van der Waals surface area contributed by atoms with Crippen LogP contribution in [0.1, 0.15) is 25.1 Å². The summed E-state index contributed by atoms with van der Waals surface area (Å²) in [6.45, 7) is 9.35. The maximum absolute atomic E-state index is 5.85. The molecule has 2 heterocycles. The Morgan fingerprint density at radius 1 is 1.47 bits per heavy atom. The Labute approximate surface area is 108 Å². The molecule has 0 radical (unpaired) electrons. The van der Waals surface area contributed by atoms with Crippen LogP contribution in [0.4, 0.5) is 5.82 Å². The second kappa shape index (κ2) is 4.53. The van der Waals surface area contributed by atoms with Crippen molar-refractivity contribution in [3.8, 4) is 0 Å². The fraction of sp³-hybridized carbons (Fsp3) is 0.750. The highest BCUT2D eigenvalue weighted by atomic mass is 32.2. The van der Waals surface area contributed by atoms with Crippen LogP contribution in [0.5, 0.6) is 0 Å². The Morgan fingerprint density at radius 2 is 2.18 bits per heavy atom. The van der Waals surface area contributed by atoms with Gasteiger partial charge in [0, 0.05) is 42.7 Å². The molecular formula is C12H22N4S. The second-order valence-electron chi connectivity index (χ2n) is 5.25. The lowest BCUT2D eigenvalue weighted by molar-refractivity contribution is 0.619. The molecule has 4 nitrogen and oxygen atoms in total. The van der Waals surface area contributed by atoms with Crippen LogP contribution in [0.25, 0.3) is 0 Å². The zero-order chi connectivity index (χ0) is 12.6. The number of thioether (sulfide) groups is 1. The number of nitrogens with zero attached hydrogens (tertiary/aromatic N) is 3. The molecule has 5 heteroatoms. The molecule has 0 saturated carbocycles. The van der Waals surface area contributed by atoms with Gasteiger partial charge in [-0.15, -0.1) is 0 Å². The summed E-state index contributed by atoms with van der Waals surface area (Å²) in [4.78, 5) is 2.43. The van der Waals surface area contributed by atoms with E-state index in [1.165, 1.54) is 17.1 Å². The lowest BCUT2D eigenvalue weighted by atomic mass is 10.1. The number of hydrogen-bond acceptors (Lipinski definition) is 4. The van der Waals surface area contributed by atoms with E-state index in [2.05, 4.69) is 23.8 Å². The number of aryl methyl sites for hydroxylation is 2. The third-order valence-corrected chi connectivity index (χ3v) is 4.54. The number of nitrogens with two attached hydrogens (primary N) is 1. The van der Waals surface area contributed by atoms with E-state index in [4.69, 9.17) is 5.73 Å². The summed E-state index contributed by atoms with van der Waals surface area (Å²) in [6, 6.07) is 0. The van der Waals surface area contributed by atoms with Gasteiger partial charge in [-0.2, -0.15) is 16.9 Å². The summed E-state index contributed by atoms with van der Waals surface area (Å²) in [5, 5.41) is 4.49. The van der Waals surface area contributed by atoms with E-state index in [0.29, 0.717) is 11.3 Å². The smallest absolute Gasteiger partial charge is 0.131 e. The molecule has 1 aliphatic heterocycles. The molecule has 0 amide bonds. The zero-order valence-corrected chi connectivity index (χ0v) is 12.0. The molecule has 96 valence electrons. The number of anilines is 1.